The largest absolute Gasteiger partial charge is 0.513 e. The average Bonchev–Trinajstić information content (AvgIpc) is 2.78. The zero-order chi connectivity index (χ0) is 22.9. The Bertz CT molecular complexity index is 940. The predicted octanol–water partition coefficient (Wildman–Crippen LogP) is 4.09. The smallest absolute Gasteiger partial charge is 0.434 e. The zero-order valence-electron chi connectivity index (χ0n) is 18.0. The second kappa shape index (κ2) is 11.5. The molecule has 0 aromatic heterocycles. The third-order valence-corrected chi connectivity index (χ3v) is 5.58. The standard InChI is InChI=1S/C24H27ClN2O5/c1-2-31-24(30)32-21-8-6-19(7-9-21)23(29)26-16-17-10-12-27(13-11-17)22(28)15-18-4-3-5-20(25)14-18/h3-9,14,17H,2,10-13,15-16H2,1H3,(H,26,29). The second-order valence-electron chi connectivity index (χ2n) is 7.65. The lowest BCUT2D eigenvalue weighted by Crippen LogP contribution is -2.42. The molecule has 2 aromatic carbocycles. The van der Waals surface area contributed by atoms with Crippen LogP contribution in [0.4, 0.5) is 4.79 Å². The van der Waals surface area contributed by atoms with Crippen molar-refractivity contribution in [1.29, 1.82) is 0 Å². The van der Waals surface area contributed by atoms with Crippen molar-refractivity contribution < 1.29 is 23.9 Å². The Balaban J connectivity index is 1.40. The van der Waals surface area contributed by atoms with Crippen molar-refractivity contribution in [3.8, 4) is 5.75 Å². The summed E-state index contributed by atoms with van der Waals surface area (Å²) in [7, 11) is 0. The van der Waals surface area contributed by atoms with Gasteiger partial charge in [0.1, 0.15) is 5.75 Å². The molecule has 1 aliphatic heterocycles. The van der Waals surface area contributed by atoms with E-state index >= 15 is 0 Å². The molecule has 1 heterocycles. The lowest BCUT2D eigenvalue weighted by Gasteiger charge is -2.32. The number of likely N-dealkylation sites (tertiary alicyclic amines) is 1. The molecule has 0 aliphatic carbocycles. The molecule has 1 saturated heterocycles. The van der Waals surface area contributed by atoms with Gasteiger partial charge in [-0.15, -0.1) is 0 Å². The van der Waals surface area contributed by atoms with Gasteiger partial charge in [-0.25, -0.2) is 4.79 Å². The van der Waals surface area contributed by atoms with E-state index in [2.05, 4.69) is 5.32 Å². The van der Waals surface area contributed by atoms with E-state index < -0.39 is 6.16 Å². The molecule has 7 nitrogen and oxygen atoms in total. The van der Waals surface area contributed by atoms with Crippen LogP contribution in [0.25, 0.3) is 0 Å². The summed E-state index contributed by atoms with van der Waals surface area (Å²) in [4.78, 5) is 38.2. The van der Waals surface area contributed by atoms with Crippen molar-refractivity contribution in [1.82, 2.24) is 10.2 Å². The van der Waals surface area contributed by atoms with Crippen molar-refractivity contribution in [3.05, 3.63) is 64.7 Å². The van der Waals surface area contributed by atoms with Gasteiger partial charge < -0.3 is 19.7 Å². The van der Waals surface area contributed by atoms with Gasteiger partial charge in [0.2, 0.25) is 5.91 Å². The number of carbonyl (C=O) groups excluding carboxylic acids is 3. The molecule has 0 bridgehead atoms. The Morgan fingerprint density at radius 3 is 2.47 bits per heavy atom. The fraction of sp³-hybridized carbons (Fsp3) is 0.375. The lowest BCUT2D eigenvalue weighted by molar-refractivity contribution is -0.131. The van der Waals surface area contributed by atoms with Gasteiger partial charge in [-0.3, -0.25) is 9.59 Å². The highest BCUT2D eigenvalue weighted by Gasteiger charge is 2.23. The Kier molecular flexibility index (Phi) is 8.50. The SMILES string of the molecule is CCOC(=O)Oc1ccc(C(=O)NCC2CCN(C(=O)Cc3cccc(Cl)c3)CC2)cc1. The minimum Gasteiger partial charge on any atom is -0.434 e. The van der Waals surface area contributed by atoms with Gasteiger partial charge in [0.25, 0.3) is 5.91 Å². The first-order valence-electron chi connectivity index (χ1n) is 10.7. The maximum Gasteiger partial charge on any atom is 0.513 e. The van der Waals surface area contributed by atoms with Crippen LogP contribution < -0.4 is 10.1 Å². The van der Waals surface area contributed by atoms with Gasteiger partial charge in [0.05, 0.1) is 13.0 Å². The molecule has 0 unspecified atom stereocenters. The van der Waals surface area contributed by atoms with Crippen LogP contribution in [-0.4, -0.2) is 49.1 Å². The quantitative estimate of drug-likeness (QED) is 0.499. The number of halogens is 1. The number of nitrogens with one attached hydrogen (secondary N) is 1. The number of ether oxygens (including phenoxy) is 2. The topological polar surface area (TPSA) is 84.9 Å². The first-order chi connectivity index (χ1) is 15.4. The molecule has 0 atom stereocenters. The lowest BCUT2D eigenvalue weighted by atomic mass is 9.96. The van der Waals surface area contributed by atoms with Crippen LogP contribution in [0.3, 0.4) is 0 Å². The number of piperidine rings is 1. The third-order valence-electron chi connectivity index (χ3n) is 5.34. The minimum absolute atomic E-state index is 0.0971. The molecule has 1 aliphatic rings. The monoisotopic (exact) mass is 458 g/mol. The van der Waals surface area contributed by atoms with E-state index in [1.54, 1.807) is 37.3 Å². The van der Waals surface area contributed by atoms with Crippen LogP contribution in [-0.2, 0) is 16.0 Å². The molecule has 0 saturated carbocycles. The normalized spacial score (nSPS) is 14.0. The molecule has 2 aromatic rings. The molecule has 0 radical (unpaired) electrons. The molecule has 1 N–H and O–H groups in total. The first-order valence-corrected chi connectivity index (χ1v) is 11.1. The summed E-state index contributed by atoms with van der Waals surface area (Å²) in [6.07, 6.45) is 1.25. The molecule has 0 spiro atoms. The molecule has 170 valence electrons. The van der Waals surface area contributed by atoms with Crippen molar-refractivity contribution in [2.75, 3.05) is 26.2 Å². The summed E-state index contributed by atoms with van der Waals surface area (Å²) in [5.74, 6) is 0.544. The van der Waals surface area contributed by atoms with E-state index in [9.17, 15) is 14.4 Å². The number of hydrogen-bond donors (Lipinski definition) is 1. The highest BCUT2D eigenvalue weighted by molar-refractivity contribution is 6.30. The molecule has 3 rings (SSSR count). The molecular weight excluding hydrogens is 432 g/mol. The molecule has 8 heteroatoms. The summed E-state index contributed by atoms with van der Waals surface area (Å²) in [5.41, 5.74) is 1.39. The number of nitrogens with zero attached hydrogens (tertiary/aromatic N) is 1. The van der Waals surface area contributed by atoms with E-state index in [4.69, 9.17) is 21.1 Å². The fourth-order valence-corrected chi connectivity index (χ4v) is 3.79. The molecule has 2 amide bonds. The summed E-state index contributed by atoms with van der Waals surface area (Å²) in [6.45, 7) is 3.84. The molecule has 32 heavy (non-hydrogen) atoms. The van der Waals surface area contributed by atoms with E-state index in [-0.39, 0.29) is 18.4 Å². The van der Waals surface area contributed by atoms with Crippen molar-refractivity contribution in [2.24, 2.45) is 5.92 Å². The maximum atomic E-state index is 12.5. The van der Waals surface area contributed by atoms with Crippen LogP contribution in [0.15, 0.2) is 48.5 Å². The van der Waals surface area contributed by atoms with Crippen LogP contribution >= 0.6 is 11.6 Å². The van der Waals surface area contributed by atoms with E-state index in [1.165, 1.54) is 0 Å². The van der Waals surface area contributed by atoms with Gasteiger partial charge in [-0.05, 0) is 67.6 Å². The van der Waals surface area contributed by atoms with Crippen LogP contribution in [0.1, 0.15) is 35.7 Å². The average molecular weight is 459 g/mol. The predicted molar refractivity (Wildman–Crippen MR) is 121 cm³/mol. The van der Waals surface area contributed by atoms with Crippen LogP contribution in [0, 0.1) is 5.92 Å². The second-order valence-corrected chi connectivity index (χ2v) is 8.09. The van der Waals surface area contributed by atoms with Crippen LogP contribution in [0.2, 0.25) is 5.02 Å². The molecule has 1 fully saturated rings. The van der Waals surface area contributed by atoms with E-state index in [1.807, 2.05) is 23.1 Å². The highest BCUT2D eigenvalue weighted by atomic mass is 35.5. The minimum atomic E-state index is -0.776. The Morgan fingerprint density at radius 1 is 1.09 bits per heavy atom. The highest BCUT2D eigenvalue weighted by Crippen LogP contribution is 2.19. The van der Waals surface area contributed by atoms with E-state index in [0.29, 0.717) is 48.3 Å². The van der Waals surface area contributed by atoms with Crippen LogP contribution in [0.5, 0.6) is 5.75 Å². The van der Waals surface area contributed by atoms with Gasteiger partial charge in [-0.1, -0.05) is 23.7 Å². The maximum absolute atomic E-state index is 12.5. The van der Waals surface area contributed by atoms with Crippen molar-refractivity contribution in [3.63, 3.8) is 0 Å². The Morgan fingerprint density at radius 2 is 1.81 bits per heavy atom. The molecular formula is C24H27ClN2O5. The van der Waals surface area contributed by atoms with E-state index in [0.717, 1.165) is 18.4 Å². The third kappa shape index (κ3) is 6.99. The summed E-state index contributed by atoms with van der Waals surface area (Å²) in [5, 5.41) is 3.58. The Labute approximate surface area is 192 Å². The number of carbonyl (C=O) groups is 3. The Hall–Kier alpha value is -3.06. The fourth-order valence-electron chi connectivity index (χ4n) is 3.58. The van der Waals surface area contributed by atoms with Crippen molar-refractivity contribution >= 4 is 29.6 Å². The van der Waals surface area contributed by atoms with Gasteiger partial charge in [-0.2, -0.15) is 0 Å². The first kappa shape index (κ1) is 23.6. The summed E-state index contributed by atoms with van der Waals surface area (Å²) >= 11 is 5.99. The van der Waals surface area contributed by atoms with Gasteiger partial charge in [0, 0.05) is 30.2 Å². The zero-order valence-corrected chi connectivity index (χ0v) is 18.8. The summed E-state index contributed by atoms with van der Waals surface area (Å²) in [6, 6.07) is 13.7. The van der Waals surface area contributed by atoms with Crippen molar-refractivity contribution in [2.45, 2.75) is 26.2 Å². The number of benzene rings is 2. The van der Waals surface area contributed by atoms with Gasteiger partial charge in [0.15, 0.2) is 0 Å². The number of rotatable bonds is 7. The van der Waals surface area contributed by atoms with Gasteiger partial charge >= 0.3 is 6.16 Å². The summed E-state index contributed by atoms with van der Waals surface area (Å²) < 4.78 is 9.70. The number of amides is 2. The number of hydrogen-bond acceptors (Lipinski definition) is 5.